The van der Waals surface area contributed by atoms with Crippen LogP contribution in [0.1, 0.15) is 22.4 Å². The number of ether oxygens (including phenoxy) is 1. The molecule has 0 unspecified atom stereocenters. The predicted molar refractivity (Wildman–Crippen MR) is 84.3 cm³/mol. The van der Waals surface area contributed by atoms with E-state index in [2.05, 4.69) is 9.88 Å². The lowest BCUT2D eigenvalue weighted by Gasteiger charge is -2.32. The summed E-state index contributed by atoms with van der Waals surface area (Å²) in [4.78, 5) is 16.9. The number of hydrogen-bond acceptors (Lipinski definition) is 4. The zero-order valence-corrected chi connectivity index (χ0v) is 12.6. The van der Waals surface area contributed by atoms with Crippen LogP contribution in [0.4, 0.5) is 5.69 Å². The lowest BCUT2D eigenvalue weighted by Crippen LogP contribution is -2.33. The SMILES string of the molecule is COc1ccc(N2CCc3c(c(C)[nH]c(=O)c3C#N)C2)cc1. The number of H-pyrrole nitrogens is 1. The van der Waals surface area contributed by atoms with Crippen molar-refractivity contribution in [1.29, 1.82) is 5.26 Å². The zero-order valence-electron chi connectivity index (χ0n) is 12.6. The highest BCUT2D eigenvalue weighted by molar-refractivity contribution is 5.54. The van der Waals surface area contributed by atoms with E-state index in [1.807, 2.05) is 37.3 Å². The van der Waals surface area contributed by atoms with Gasteiger partial charge in [-0.15, -0.1) is 0 Å². The number of aryl methyl sites for hydroxylation is 1. The Hall–Kier alpha value is -2.74. The van der Waals surface area contributed by atoms with E-state index in [1.54, 1.807) is 7.11 Å². The van der Waals surface area contributed by atoms with Gasteiger partial charge in [0.25, 0.3) is 5.56 Å². The molecule has 5 heteroatoms. The van der Waals surface area contributed by atoms with E-state index in [0.29, 0.717) is 13.0 Å². The maximum Gasteiger partial charge on any atom is 0.266 e. The van der Waals surface area contributed by atoms with E-state index >= 15 is 0 Å². The van der Waals surface area contributed by atoms with Crippen molar-refractivity contribution in [2.45, 2.75) is 19.9 Å². The van der Waals surface area contributed by atoms with Gasteiger partial charge in [-0.25, -0.2) is 0 Å². The van der Waals surface area contributed by atoms with Gasteiger partial charge in [-0.05, 0) is 48.7 Å². The molecule has 0 spiro atoms. The van der Waals surface area contributed by atoms with E-state index in [0.717, 1.165) is 34.8 Å². The first-order valence-corrected chi connectivity index (χ1v) is 7.17. The van der Waals surface area contributed by atoms with Gasteiger partial charge in [-0.2, -0.15) is 5.26 Å². The number of benzene rings is 1. The number of pyridine rings is 1. The number of nitrogens with zero attached hydrogens (tertiary/aromatic N) is 2. The Morgan fingerprint density at radius 1 is 1.27 bits per heavy atom. The predicted octanol–water partition coefficient (Wildman–Crippen LogP) is 2.13. The smallest absolute Gasteiger partial charge is 0.266 e. The summed E-state index contributed by atoms with van der Waals surface area (Å²) < 4.78 is 5.18. The molecule has 0 saturated heterocycles. The molecule has 0 radical (unpaired) electrons. The Kier molecular flexibility index (Phi) is 3.60. The Balaban J connectivity index is 1.97. The summed E-state index contributed by atoms with van der Waals surface area (Å²) in [5, 5.41) is 9.21. The second kappa shape index (κ2) is 5.57. The zero-order chi connectivity index (χ0) is 15.7. The molecular formula is C17H17N3O2. The highest BCUT2D eigenvalue weighted by Crippen LogP contribution is 2.27. The van der Waals surface area contributed by atoms with Crippen LogP contribution in [-0.2, 0) is 13.0 Å². The Labute approximate surface area is 128 Å². The fourth-order valence-electron chi connectivity index (χ4n) is 2.96. The third-order valence-corrected chi connectivity index (χ3v) is 4.18. The van der Waals surface area contributed by atoms with Gasteiger partial charge in [0.15, 0.2) is 0 Å². The summed E-state index contributed by atoms with van der Waals surface area (Å²) in [6, 6.07) is 9.96. The highest BCUT2D eigenvalue weighted by atomic mass is 16.5. The second-order valence-corrected chi connectivity index (χ2v) is 5.39. The van der Waals surface area contributed by atoms with Crippen molar-refractivity contribution in [1.82, 2.24) is 4.98 Å². The van der Waals surface area contributed by atoms with Gasteiger partial charge in [0.2, 0.25) is 0 Å². The van der Waals surface area contributed by atoms with Crippen LogP contribution < -0.4 is 15.2 Å². The number of aromatic nitrogens is 1. The topological polar surface area (TPSA) is 69.1 Å². The van der Waals surface area contributed by atoms with Gasteiger partial charge in [0, 0.05) is 24.5 Å². The van der Waals surface area contributed by atoms with E-state index in [-0.39, 0.29) is 11.1 Å². The number of anilines is 1. The lowest BCUT2D eigenvalue weighted by molar-refractivity contribution is 0.415. The molecule has 112 valence electrons. The summed E-state index contributed by atoms with van der Waals surface area (Å²) in [6.45, 7) is 3.37. The number of rotatable bonds is 2. The highest BCUT2D eigenvalue weighted by Gasteiger charge is 2.23. The molecule has 1 aromatic heterocycles. The van der Waals surface area contributed by atoms with Crippen LogP contribution in [-0.4, -0.2) is 18.6 Å². The molecule has 1 N–H and O–H groups in total. The quantitative estimate of drug-likeness (QED) is 0.921. The molecule has 0 saturated carbocycles. The van der Waals surface area contributed by atoms with E-state index in [1.165, 1.54) is 0 Å². The Bertz CT molecular complexity index is 800. The van der Waals surface area contributed by atoms with Gasteiger partial charge in [0.05, 0.1) is 7.11 Å². The minimum atomic E-state index is -0.281. The van der Waals surface area contributed by atoms with Crippen LogP contribution in [0.15, 0.2) is 29.1 Å². The maximum atomic E-state index is 11.9. The number of hydrogen-bond donors (Lipinski definition) is 1. The average Bonchev–Trinajstić information content (AvgIpc) is 2.55. The molecule has 0 bridgehead atoms. The fraction of sp³-hybridized carbons (Fsp3) is 0.294. The molecule has 1 aliphatic rings. The van der Waals surface area contributed by atoms with Crippen molar-refractivity contribution in [3.05, 3.63) is 57.0 Å². The second-order valence-electron chi connectivity index (χ2n) is 5.39. The molecule has 22 heavy (non-hydrogen) atoms. The average molecular weight is 295 g/mol. The first-order valence-electron chi connectivity index (χ1n) is 7.17. The molecule has 2 aromatic rings. The van der Waals surface area contributed by atoms with Gasteiger partial charge >= 0.3 is 0 Å². The first kappa shape index (κ1) is 14.2. The van der Waals surface area contributed by atoms with Crippen molar-refractivity contribution < 1.29 is 4.74 Å². The minimum absolute atomic E-state index is 0.259. The van der Waals surface area contributed by atoms with Crippen LogP contribution in [0, 0.1) is 18.3 Å². The minimum Gasteiger partial charge on any atom is -0.497 e. The molecule has 1 aromatic carbocycles. The van der Waals surface area contributed by atoms with Crippen molar-refractivity contribution in [2.24, 2.45) is 0 Å². The van der Waals surface area contributed by atoms with Crippen LogP contribution in [0.2, 0.25) is 0 Å². The molecule has 2 heterocycles. The van der Waals surface area contributed by atoms with Crippen molar-refractivity contribution in [2.75, 3.05) is 18.6 Å². The van der Waals surface area contributed by atoms with Gasteiger partial charge < -0.3 is 14.6 Å². The molecule has 0 aliphatic carbocycles. The first-order chi connectivity index (χ1) is 10.6. The van der Waals surface area contributed by atoms with Crippen LogP contribution >= 0.6 is 0 Å². The molecule has 5 nitrogen and oxygen atoms in total. The van der Waals surface area contributed by atoms with E-state index in [4.69, 9.17) is 4.74 Å². The number of nitriles is 1. The van der Waals surface area contributed by atoms with E-state index < -0.39 is 0 Å². The monoisotopic (exact) mass is 295 g/mol. The molecule has 0 fully saturated rings. The van der Waals surface area contributed by atoms with Gasteiger partial charge in [0.1, 0.15) is 17.4 Å². The summed E-state index contributed by atoms with van der Waals surface area (Å²) in [7, 11) is 1.65. The molecule has 1 aliphatic heterocycles. The van der Waals surface area contributed by atoms with E-state index in [9.17, 15) is 10.1 Å². The van der Waals surface area contributed by atoms with Crippen molar-refractivity contribution >= 4 is 5.69 Å². The number of methoxy groups -OCH3 is 1. The molecule has 0 atom stereocenters. The molecule has 3 rings (SSSR count). The summed E-state index contributed by atoms with van der Waals surface area (Å²) in [6.07, 6.45) is 0.703. The third kappa shape index (κ3) is 2.33. The summed E-state index contributed by atoms with van der Waals surface area (Å²) in [5.41, 5.74) is 3.88. The number of fused-ring (bicyclic) bond motifs is 1. The van der Waals surface area contributed by atoms with Gasteiger partial charge in [-0.3, -0.25) is 4.79 Å². The lowest BCUT2D eigenvalue weighted by atomic mass is 9.94. The Morgan fingerprint density at radius 3 is 2.64 bits per heavy atom. The summed E-state index contributed by atoms with van der Waals surface area (Å²) in [5.74, 6) is 0.827. The number of aromatic amines is 1. The Morgan fingerprint density at radius 2 is 2.00 bits per heavy atom. The van der Waals surface area contributed by atoms with Crippen LogP contribution in [0.3, 0.4) is 0 Å². The molecular weight excluding hydrogens is 278 g/mol. The van der Waals surface area contributed by atoms with Crippen LogP contribution in [0.25, 0.3) is 0 Å². The number of nitrogens with one attached hydrogen (secondary N) is 1. The maximum absolute atomic E-state index is 11.9. The third-order valence-electron chi connectivity index (χ3n) is 4.18. The van der Waals surface area contributed by atoms with Gasteiger partial charge in [-0.1, -0.05) is 0 Å². The fourth-order valence-corrected chi connectivity index (χ4v) is 2.96. The standard InChI is InChI=1S/C17H17N3O2/c1-11-16-10-20(12-3-5-13(22-2)6-4-12)8-7-14(16)15(9-18)17(21)19-11/h3-6H,7-8,10H2,1-2H3,(H,19,21). The van der Waals surface area contributed by atoms with Crippen molar-refractivity contribution in [3.63, 3.8) is 0 Å². The van der Waals surface area contributed by atoms with Crippen molar-refractivity contribution in [3.8, 4) is 11.8 Å². The van der Waals surface area contributed by atoms with Crippen LogP contribution in [0.5, 0.6) is 5.75 Å². The molecule has 0 amide bonds. The largest absolute Gasteiger partial charge is 0.497 e. The summed E-state index contributed by atoms with van der Waals surface area (Å²) >= 11 is 0. The normalized spacial score (nSPS) is 13.4.